The number of halogens is 1. The van der Waals surface area contributed by atoms with E-state index in [9.17, 15) is 5.11 Å². The van der Waals surface area contributed by atoms with Crippen LogP contribution in [0, 0.1) is 5.92 Å². The van der Waals surface area contributed by atoms with Crippen LogP contribution >= 0.6 is 11.6 Å². The van der Waals surface area contributed by atoms with Crippen LogP contribution in [0.3, 0.4) is 0 Å². The SMILES string of the molecule is O[C@@H](c1cc(Cl)cc2cncn12)C1CCC(c2cccc3ccccc23)CC1. The summed E-state index contributed by atoms with van der Waals surface area (Å²) in [6.45, 7) is 0. The average molecular weight is 391 g/mol. The van der Waals surface area contributed by atoms with Gasteiger partial charge in [0, 0.05) is 5.02 Å². The van der Waals surface area contributed by atoms with Gasteiger partial charge in [0.2, 0.25) is 0 Å². The van der Waals surface area contributed by atoms with E-state index in [2.05, 4.69) is 47.4 Å². The Morgan fingerprint density at radius 3 is 2.64 bits per heavy atom. The summed E-state index contributed by atoms with van der Waals surface area (Å²) >= 11 is 6.27. The molecule has 5 rings (SSSR count). The van der Waals surface area contributed by atoms with Crippen molar-refractivity contribution < 1.29 is 5.11 Å². The van der Waals surface area contributed by atoms with Gasteiger partial charge in [-0.05, 0) is 66.0 Å². The van der Waals surface area contributed by atoms with Gasteiger partial charge in [-0.1, -0.05) is 54.1 Å². The largest absolute Gasteiger partial charge is 0.387 e. The van der Waals surface area contributed by atoms with E-state index < -0.39 is 6.10 Å². The number of nitrogens with zero attached hydrogens (tertiary/aromatic N) is 2. The predicted octanol–water partition coefficient (Wildman–Crippen LogP) is 6.15. The molecule has 28 heavy (non-hydrogen) atoms. The van der Waals surface area contributed by atoms with Crippen molar-refractivity contribution in [2.45, 2.75) is 37.7 Å². The summed E-state index contributed by atoms with van der Waals surface area (Å²) in [4.78, 5) is 4.20. The molecule has 1 atom stereocenters. The fourth-order valence-corrected chi connectivity index (χ4v) is 5.07. The summed E-state index contributed by atoms with van der Waals surface area (Å²) in [7, 11) is 0. The van der Waals surface area contributed by atoms with Gasteiger partial charge in [-0.3, -0.25) is 0 Å². The minimum atomic E-state index is -0.524. The van der Waals surface area contributed by atoms with Crippen molar-refractivity contribution in [3.8, 4) is 0 Å². The summed E-state index contributed by atoms with van der Waals surface area (Å²) in [5.41, 5.74) is 3.21. The van der Waals surface area contributed by atoms with E-state index in [1.165, 1.54) is 16.3 Å². The lowest BCUT2D eigenvalue weighted by Crippen LogP contribution is -2.21. The lowest BCUT2D eigenvalue weighted by atomic mass is 9.75. The number of benzene rings is 2. The average Bonchev–Trinajstić information content (AvgIpc) is 3.21. The summed E-state index contributed by atoms with van der Waals surface area (Å²) in [6, 6.07) is 19.0. The molecule has 1 aliphatic carbocycles. The maximum Gasteiger partial charge on any atom is 0.0995 e. The van der Waals surface area contributed by atoms with Gasteiger partial charge >= 0.3 is 0 Å². The number of hydrogen-bond acceptors (Lipinski definition) is 2. The summed E-state index contributed by atoms with van der Waals surface area (Å²) < 4.78 is 1.95. The van der Waals surface area contributed by atoms with E-state index >= 15 is 0 Å². The van der Waals surface area contributed by atoms with Crippen LogP contribution in [0.25, 0.3) is 16.3 Å². The van der Waals surface area contributed by atoms with Crippen LogP contribution in [0.15, 0.2) is 67.1 Å². The fourth-order valence-electron chi connectivity index (χ4n) is 4.84. The molecule has 2 aromatic carbocycles. The highest BCUT2D eigenvalue weighted by molar-refractivity contribution is 6.31. The molecule has 1 aliphatic rings. The fraction of sp³-hybridized carbons (Fsp3) is 0.292. The second-order valence-electron chi connectivity index (χ2n) is 7.91. The van der Waals surface area contributed by atoms with Crippen molar-refractivity contribution >= 4 is 27.9 Å². The van der Waals surface area contributed by atoms with E-state index in [0.29, 0.717) is 10.9 Å². The Morgan fingerprint density at radius 2 is 1.79 bits per heavy atom. The standard InChI is InChI=1S/C24H23ClN2O/c25-19-12-20-14-26-15-27(20)23(13-19)24(28)18-10-8-17(9-11-18)22-7-3-5-16-4-1-2-6-21(16)22/h1-7,12-15,17-18,24,28H,8-11H2/t17?,18?,24-/m1/s1. The Hall–Kier alpha value is -2.36. The number of imidazole rings is 1. The number of aromatic nitrogens is 2. The van der Waals surface area contributed by atoms with Crippen molar-refractivity contribution in [1.82, 2.24) is 9.38 Å². The molecule has 0 saturated heterocycles. The predicted molar refractivity (Wildman–Crippen MR) is 114 cm³/mol. The molecule has 2 aromatic heterocycles. The minimum absolute atomic E-state index is 0.246. The Kier molecular flexibility index (Phi) is 4.58. The molecule has 0 aliphatic heterocycles. The molecule has 0 radical (unpaired) electrons. The van der Waals surface area contributed by atoms with Gasteiger partial charge in [0.25, 0.3) is 0 Å². The first-order valence-corrected chi connectivity index (χ1v) is 10.4. The molecule has 1 saturated carbocycles. The van der Waals surface area contributed by atoms with Crippen LogP contribution < -0.4 is 0 Å². The van der Waals surface area contributed by atoms with Crippen molar-refractivity contribution in [2.24, 2.45) is 5.92 Å². The number of aliphatic hydroxyl groups excluding tert-OH is 1. The Bertz CT molecular complexity index is 1120. The highest BCUT2D eigenvalue weighted by atomic mass is 35.5. The van der Waals surface area contributed by atoms with E-state index in [1.54, 1.807) is 12.5 Å². The third-order valence-corrected chi connectivity index (χ3v) is 6.52. The number of aliphatic hydroxyl groups is 1. The summed E-state index contributed by atoms with van der Waals surface area (Å²) in [5.74, 6) is 0.803. The molecule has 142 valence electrons. The lowest BCUT2D eigenvalue weighted by molar-refractivity contribution is 0.0764. The third kappa shape index (κ3) is 3.09. The van der Waals surface area contributed by atoms with Gasteiger partial charge in [0.05, 0.1) is 29.8 Å². The Labute approximate surface area is 169 Å². The van der Waals surface area contributed by atoms with Gasteiger partial charge < -0.3 is 9.51 Å². The number of pyridine rings is 1. The lowest BCUT2D eigenvalue weighted by Gasteiger charge is -2.32. The molecule has 0 amide bonds. The van der Waals surface area contributed by atoms with E-state index in [4.69, 9.17) is 11.6 Å². The van der Waals surface area contributed by atoms with Crippen LogP contribution in [0.5, 0.6) is 0 Å². The zero-order valence-electron chi connectivity index (χ0n) is 15.6. The first kappa shape index (κ1) is 17.7. The second kappa shape index (κ2) is 7.23. The summed E-state index contributed by atoms with van der Waals surface area (Å²) in [6.07, 6.45) is 7.23. The molecule has 1 N–H and O–H groups in total. The monoisotopic (exact) mass is 390 g/mol. The van der Waals surface area contributed by atoms with E-state index in [1.807, 2.05) is 16.5 Å². The maximum atomic E-state index is 11.1. The molecular weight excluding hydrogens is 368 g/mol. The van der Waals surface area contributed by atoms with Gasteiger partial charge in [-0.25, -0.2) is 4.98 Å². The van der Waals surface area contributed by atoms with Crippen molar-refractivity contribution in [2.75, 3.05) is 0 Å². The number of fused-ring (bicyclic) bond motifs is 2. The second-order valence-corrected chi connectivity index (χ2v) is 8.35. The molecule has 0 spiro atoms. The van der Waals surface area contributed by atoms with Gasteiger partial charge in [-0.15, -0.1) is 0 Å². The Morgan fingerprint density at radius 1 is 1.00 bits per heavy atom. The minimum Gasteiger partial charge on any atom is -0.387 e. The van der Waals surface area contributed by atoms with Crippen molar-refractivity contribution in [3.63, 3.8) is 0 Å². The van der Waals surface area contributed by atoms with Crippen LogP contribution in [0.2, 0.25) is 5.02 Å². The molecule has 4 aromatic rings. The Balaban J connectivity index is 1.37. The smallest absolute Gasteiger partial charge is 0.0995 e. The molecule has 4 heteroatoms. The van der Waals surface area contributed by atoms with Crippen molar-refractivity contribution in [1.29, 1.82) is 0 Å². The molecule has 1 fully saturated rings. The zero-order chi connectivity index (χ0) is 19.1. The van der Waals surface area contributed by atoms with Gasteiger partial charge in [-0.2, -0.15) is 0 Å². The zero-order valence-corrected chi connectivity index (χ0v) is 16.4. The number of rotatable bonds is 3. The first-order valence-electron chi connectivity index (χ1n) is 9.98. The first-order chi connectivity index (χ1) is 13.7. The van der Waals surface area contributed by atoms with Crippen LogP contribution in [0.1, 0.15) is 49.0 Å². The maximum absolute atomic E-state index is 11.1. The molecule has 3 nitrogen and oxygen atoms in total. The molecular formula is C24H23ClN2O. The topological polar surface area (TPSA) is 37.5 Å². The van der Waals surface area contributed by atoms with Gasteiger partial charge in [0.15, 0.2) is 0 Å². The molecule has 0 bridgehead atoms. The van der Waals surface area contributed by atoms with Gasteiger partial charge in [0.1, 0.15) is 0 Å². The highest BCUT2D eigenvalue weighted by Gasteiger charge is 2.30. The van der Waals surface area contributed by atoms with Crippen molar-refractivity contribution in [3.05, 3.63) is 83.4 Å². The van der Waals surface area contributed by atoms with Crippen LogP contribution in [0.4, 0.5) is 0 Å². The highest BCUT2D eigenvalue weighted by Crippen LogP contribution is 2.43. The summed E-state index contributed by atoms with van der Waals surface area (Å²) in [5, 5.41) is 14.4. The normalized spacial score (nSPS) is 21.2. The quantitative estimate of drug-likeness (QED) is 0.455. The van der Waals surface area contributed by atoms with E-state index in [0.717, 1.165) is 36.9 Å². The van der Waals surface area contributed by atoms with Crippen LogP contribution in [-0.4, -0.2) is 14.5 Å². The third-order valence-electron chi connectivity index (χ3n) is 6.30. The molecule has 0 unspecified atom stereocenters. The van der Waals surface area contributed by atoms with Crippen LogP contribution in [-0.2, 0) is 0 Å². The molecule has 2 heterocycles. The van der Waals surface area contributed by atoms with E-state index in [-0.39, 0.29) is 5.92 Å². The number of hydrogen-bond donors (Lipinski definition) is 1.